The highest BCUT2D eigenvalue weighted by Crippen LogP contribution is 2.36. The second kappa shape index (κ2) is 3.60. The maximum atomic E-state index is 13.2. The third kappa shape index (κ3) is 2.05. The molecule has 1 aromatic rings. The van der Waals surface area contributed by atoms with Gasteiger partial charge in [0.05, 0.1) is 0 Å². The van der Waals surface area contributed by atoms with E-state index in [-0.39, 0.29) is 17.3 Å². The lowest BCUT2D eigenvalue weighted by molar-refractivity contribution is 0.263. The van der Waals surface area contributed by atoms with Gasteiger partial charge in [-0.15, -0.1) is 0 Å². The fraction of sp³-hybridized carbons (Fsp3) is 0.538. The molecule has 1 N–H and O–H groups in total. The van der Waals surface area contributed by atoms with Crippen LogP contribution in [0.2, 0.25) is 0 Å². The Morgan fingerprint density at radius 3 is 2.73 bits per heavy atom. The maximum Gasteiger partial charge on any atom is 0.123 e. The lowest BCUT2D eigenvalue weighted by atomic mass is 9.78. The van der Waals surface area contributed by atoms with E-state index in [0.29, 0.717) is 0 Å². The monoisotopic (exact) mass is 207 g/mol. The van der Waals surface area contributed by atoms with Crippen molar-refractivity contribution in [1.29, 1.82) is 0 Å². The van der Waals surface area contributed by atoms with Gasteiger partial charge < -0.3 is 5.32 Å². The van der Waals surface area contributed by atoms with Crippen LogP contribution in [0, 0.1) is 11.2 Å². The second-order valence-electron chi connectivity index (χ2n) is 5.35. The lowest BCUT2D eigenvalue weighted by Gasteiger charge is -2.36. The Balaban J connectivity index is 2.45. The Labute approximate surface area is 90.7 Å². The summed E-state index contributed by atoms with van der Waals surface area (Å²) in [7, 11) is 0. The Kier molecular flexibility index (Phi) is 2.55. The normalized spacial score (nSPS) is 21.2. The van der Waals surface area contributed by atoms with E-state index in [1.807, 2.05) is 6.07 Å². The topological polar surface area (TPSA) is 12.0 Å². The summed E-state index contributed by atoms with van der Waals surface area (Å²) in [5.74, 6) is -0.133. The molecule has 1 atom stereocenters. The van der Waals surface area contributed by atoms with E-state index in [1.165, 1.54) is 5.56 Å². The number of hydrogen-bond donors (Lipinski definition) is 1. The molecule has 1 unspecified atom stereocenters. The van der Waals surface area contributed by atoms with Crippen LogP contribution < -0.4 is 5.32 Å². The largest absolute Gasteiger partial charge is 0.309 e. The van der Waals surface area contributed by atoms with Crippen molar-refractivity contribution < 1.29 is 4.39 Å². The first kappa shape index (κ1) is 10.6. The second-order valence-corrected chi connectivity index (χ2v) is 5.35. The summed E-state index contributed by atoms with van der Waals surface area (Å²) in [4.78, 5) is 0. The summed E-state index contributed by atoms with van der Waals surface area (Å²) in [5.41, 5.74) is 2.55. The van der Waals surface area contributed by atoms with Gasteiger partial charge in [-0.3, -0.25) is 0 Å². The molecule has 1 aliphatic rings. The molecule has 1 aliphatic heterocycles. The predicted octanol–water partition coefficient (Wildman–Crippen LogP) is 3.06. The van der Waals surface area contributed by atoms with Gasteiger partial charge in [-0.25, -0.2) is 4.39 Å². The summed E-state index contributed by atoms with van der Waals surface area (Å²) >= 11 is 0. The molecule has 0 spiro atoms. The van der Waals surface area contributed by atoms with Crippen LogP contribution >= 0.6 is 0 Å². The SMILES string of the molecule is CC(C)(C)C1NCCc2ccc(F)cc21. The van der Waals surface area contributed by atoms with Crippen molar-refractivity contribution in [3.63, 3.8) is 0 Å². The van der Waals surface area contributed by atoms with E-state index in [4.69, 9.17) is 0 Å². The molecule has 2 heteroatoms. The van der Waals surface area contributed by atoms with Crippen molar-refractivity contribution in [3.8, 4) is 0 Å². The van der Waals surface area contributed by atoms with Gasteiger partial charge in [0.25, 0.3) is 0 Å². The van der Waals surface area contributed by atoms with Gasteiger partial charge in [-0.05, 0) is 41.6 Å². The average Bonchev–Trinajstić information content (AvgIpc) is 2.15. The Morgan fingerprint density at radius 1 is 1.33 bits per heavy atom. The maximum absolute atomic E-state index is 13.2. The van der Waals surface area contributed by atoms with Crippen molar-refractivity contribution in [1.82, 2.24) is 5.32 Å². The van der Waals surface area contributed by atoms with Crippen LogP contribution in [0.4, 0.5) is 4.39 Å². The Bertz CT molecular complexity index is 365. The lowest BCUT2D eigenvalue weighted by Crippen LogP contribution is -2.37. The van der Waals surface area contributed by atoms with Gasteiger partial charge >= 0.3 is 0 Å². The predicted molar refractivity (Wildman–Crippen MR) is 60.3 cm³/mol. The first-order chi connectivity index (χ1) is 6.98. The van der Waals surface area contributed by atoms with Crippen molar-refractivity contribution in [3.05, 3.63) is 35.1 Å². The number of fused-ring (bicyclic) bond motifs is 1. The van der Waals surface area contributed by atoms with Gasteiger partial charge in [-0.1, -0.05) is 26.8 Å². The van der Waals surface area contributed by atoms with Gasteiger partial charge in [-0.2, -0.15) is 0 Å². The summed E-state index contributed by atoms with van der Waals surface area (Å²) < 4.78 is 13.2. The fourth-order valence-corrected chi connectivity index (χ4v) is 2.30. The molecule has 0 aliphatic carbocycles. The smallest absolute Gasteiger partial charge is 0.123 e. The zero-order chi connectivity index (χ0) is 11.1. The van der Waals surface area contributed by atoms with Crippen LogP contribution in [0.5, 0.6) is 0 Å². The average molecular weight is 207 g/mol. The van der Waals surface area contributed by atoms with Crippen LogP contribution in [-0.2, 0) is 6.42 Å². The van der Waals surface area contributed by atoms with E-state index < -0.39 is 0 Å². The van der Waals surface area contributed by atoms with Crippen LogP contribution in [0.25, 0.3) is 0 Å². The van der Waals surface area contributed by atoms with E-state index >= 15 is 0 Å². The number of halogens is 1. The summed E-state index contributed by atoms with van der Waals surface area (Å²) in [5, 5.41) is 3.48. The van der Waals surface area contributed by atoms with Crippen LogP contribution in [-0.4, -0.2) is 6.54 Å². The van der Waals surface area contributed by atoms with E-state index in [1.54, 1.807) is 12.1 Å². The van der Waals surface area contributed by atoms with Crippen molar-refractivity contribution in [2.45, 2.75) is 33.2 Å². The highest BCUT2D eigenvalue weighted by atomic mass is 19.1. The van der Waals surface area contributed by atoms with Crippen molar-refractivity contribution in [2.75, 3.05) is 6.54 Å². The third-order valence-electron chi connectivity index (χ3n) is 3.03. The Hall–Kier alpha value is -0.890. The molecular formula is C13H18FN. The van der Waals surface area contributed by atoms with E-state index in [9.17, 15) is 4.39 Å². The first-order valence-electron chi connectivity index (χ1n) is 5.50. The van der Waals surface area contributed by atoms with Crippen LogP contribution in [0.15, 0.2) is 18.2 Å². The minimum absolute atomic E-state index is 0.128. The molecule has 0 bridgehead atoms. The number of hydrogen-bond acceptors (Lipinski definition) is 1. The zero-order valence-electron chi connectivity index (χ0n) is 9.60. The first-order valence-corrected chi connectivity index (χ1v) is 5.50. The van der Waals surface area contributed by atoms with E-state index in [2.05, 4.69) is 26.1 Å². The summed E-state index contributed by atoms with van der Waals surface area (Å²) in [6, 6.07) is 5.42. The number of nitrogens with one attached hydrogen (secondary N) is 1. The van der Waals surface area contributed by atoms with Gasteiger partial charge in [0.2, 0.25) is 0 Å². The van der Waals surface area contributed by atoms with Crippen LogP contribution in [0.1, 0.15) is 37.9 Å². The molecule has 0 saturated carbocycles. The number of rotatable bonds is 0. The molecule has 0 aromatic heterocycles. The quantitative estimate of drug-likeness (QED) is 0.689. The summed E-state index contributed by atoms with van der Waals surface area (Å²) in [6.07, 6.45) is 1.00. The van der Waals surface area contributed by atoms with Gasteiger partial charge in [0.1, 0.15) is 5.82 Å². The standard InChI is InChI=1S/C13H18FN/c1-13(2,3)12-11-8-10(14)5-4-9(11)6-7-15-12/h4-5,8,12,15H,6-7H2,1-3H3. The molecular weight excluding hydrogens is 189 g/mol. The van der Waals surface area contributed by atoms with Gasteiger partial charge in [0, 0.05) is 6.04 Å². The van der Waals surface area contributed by atoms with Crippen LogP contribution in [0.3, 0.4) is 0 Å². The van der Waals surface area contributed by atoms with Gasteiger partial charge in [0.15, 0.2) is 0 Å². The molecule has 82 valence electrons. The molecule has 1 aromatic carbocycles. The molecule has 0 radical (unpaired) electrons. The highest BCUT2D eigenvalue weighted by molar-refractivity contribution is 5.34. The molecule has 0 amide bonds. The third-order valence-corrected chi connectivity index (χ3v) is 3.03. The molecule has 2 rings (SSSR count). The van der Waals surface area contributed by atoms with Crippen molar-refractivity contribution in [2.24, 2.45) is 5.41 Å². The Morgan fingerprint density at radius 2 is 2.07 bits per heavy atom. The molecule has 1 heterocycles. The van der Waals surface area contributed by atoms with Crippen molar-refractivity contribution >= 4 is 0 Å². The fourth-order valence-electron chi connectivity index (χ4n) is 2.30. The zero-order valence-corrected chi connectivity index (χ0v) is 9.60. The molecule has 0 fully saturated rings. The highest BCUT2D eigenvalue weighted by Gasteiger charge is 2.30. The minimum atomic E-state index is -0.133. The minimum Gasteiger partial charge on any atom is -0.309 e. The molecule has 15 heavy (non-hydrogen) atoms. The summed E-state index contributed by atoms with van der Waals surface area (Å²) in [6.45, 7) is 7.54. The van der Waals surface area contributed by atoms with E-state index in [0.717, 1.165) is 18.5 Å². The number of benzene rings is 1. The molecule has 1 nitrogen and oxygen atoms in total. The molecule has 0 saturated heterocycles.